The zero-order valence-corrected chi connectivity index (χ0v) is 21.0. The van der Waals surface area contributed by atoms with Crippen LogP contribution in [0.5, 0.6) is 0 Å². The number of rotatable bonds is 7. The Kier molecular flexibility index (Phi) is 8.20. The number of amides is 1. The maximum absolute atomic E-state index is 12.9. The third-order valence-corrected chi connectivity index (χ3v) is 9.05. The first kappa shape index (κ1) is 25.3. The largest absolute Gasteiger partial charge is 0.452 e. The fraction of sp³-hybridized carbons (Fsp3) is 0.417. The summed E-state index contributed by atoms with van der Waals surface area (Å²) in [4.78, 5) is 28.4. The van der Waals surface area contributed by atoms with Gasteiger partial charge in [0, 0.05) is 29.8 Å². The monoisotopic (exact) mass is 490 g/mol. The second-order valence-electron chi connectivity index (χ2n) is 7.88. The number of sulfonamides is 1. The van der Waals surface area contributed by atoms with E-state index in [0.717, 1.165) is 17.0 Å². The lowest BCUT2D eigenvalue weighted by Gasteiger charge is -2.22. The van der Waals surface area contributed by atoms with Gasteiger partial charge in [0.15, 0.2) is 6.61 Å². The predicted molar refractivity (Wildman–Crippen MR) is 130 cm³/mol. The van der Waals surface area contributed by atoms with Crippen LogP contribution >= 0.6 is 11.8 Å². The summed E-state index contributed by atoms with van der Waals surface area (Å²) in [6.45, 7) is 8.12. The third kappa shape index (κ3) is 5.59. The SMILES string of the molecule is CCN(CC)S(=O)(=O)c1cc(C(=O)OCC(=O)N2CCC(C)Sc3ccccc32)ccc1C. The van der Waals surface area contributed by atoms with Gasteiger partial charge in [0.2, 0.25) is 10.0 Å². The van der Waals surface area contributed by atoms with E-state index in [2.05, 4.69) is 6.92 Å². The molecule has 1 aliphatic rings. The van der Waals surface area contributed by atoms with Crippen LogP contribution in [0.4, 0.5) is 5.69 Å². The molecule has 178 valence electrons. The maximum atomic E-state index is 12.9. The number of aryl methyl sites for hydroxylation is 1. The average Bonchev–Trinajstić information content (AvgIpc) is 2.96. The molecule has 0 N–H and O–H groups in total. The number of fused-ring (bicyclic) bond motifs is 1. The summed E-state index contributed by atoms with van der Waals surface area (Å²) < 4.78 is 32.5. The van der Waals surface area contributed by atoms with Gasteiger partial charge in [-0.3, -0.25) is 4.79 Å². The van der Waals surface area contributed by atoms with Gasteiger partial charge in [-0.15, -0.1) is 11.8 Å². The summed E-state index contributed by atoms with van der Waals surface area (Å²) in [5, 5.41) is 0.366. The van der Waals surface area contributed by atoms with Crippen molar-refractivity contribution in [3.8, 4) is 0 Å². The minimum atomic E-state index is -3.73. The summed E-state index contributed by atoms with van der Waals surface area (Å²) in [7, 11) is -3.73. The van der Waals surface area contributed by atoms with Crippen LogP contribution in [0.3, 0.4) is 0 Å². The van der Waals surface area contributed by atoms with Gasteiger partial charge in [0.25, 0.3) is 5.91 Å². The van der Waals surface area contributed by atoms with E-state index in [9.17, 15) is 18.0 Å². The molecule has 9 heteroatoms. The van der Waals surface area contributed by atoms with E-state index in [1.165, 1.54) is 16.4 Å². The topological polar surface area (TPSA) is 84.0 Å². The lowest BCUT2D eigenvalue weighted by atomic mass is 10.1. The molecule has 7 nitrogen and oxygen atoms in total. The highest BCUT2D eigenvalue weighted by atomic mass is 32.2. The minimum Gasteiger partial charge on any atom is -0.452 e. The van der Waals surface area contributed by atoms with Gasteiger partial charge >= 0.3 is 5.97 Å². The Bertz CT molecular complexity index is 1130. The summed E-state index contributed by atoms with van der Waals surface area (Å²) >= 11 is 1.72. The Morgan fingerprint density at radius 1 is 1.15 bits per heavy atom. The molecule has 2 aromatic carbocycles. The second-order valence-corrected chi connectivity index (χ2v) is 11.3. The molecule has 0 saturated carbocycles. The van der Waals surface area contributed by atoms with Crippen LogP contribution in [0.2, 0.25) is 0 Å². The van der Waals surface area contributed by atoms with Crippen molar-refractivity contribution in [1.82, 2.24) is 4.31 Å². The van der Waals surface area contributed by atoms with Gasteiger partial charge in [-0.1, -0.05) is 39.0 Å². The van der Waals surface area contributed by atoms with Crippen LogP contribution in [-0.2, 0) is 19.6 Å². The van der Waals surface area contributed by atoms with Crippen LogP contribution in [0.1, 0.15) is 43.1 Å². The number of nitrogens with zero attached hydrogens (tertiary/aromatic N) is 2. The Morgan fingerprint density at radius 2 is 1.85 bits per heavy atom. The molecule has 0 fully saturated rings. The summed E-state index contributed by atoms with van der Waals surface area (Å²) in [5.41, 5.74) is 1.46. The van der Waals surface area contributed by atoms with Crippen LogP contribution in [0.15, 0.2) is 52.3 Å². The maximum Gasteiger partial charge on any atom is 0.338 e. The third-order valence-electron chi connectivity index (χ3n) is 5.62. The van der Waals surface area contributed by atoms with E-state index < -0.39 is 22.6 Å². The molecule has 0 radical (unpaired) electrons. The molecule has 0 bridgehead atoms. The molecule has 33 heavy (non-hydrogen) atoms. The predicted octanol–water partition coefficient (Wildman–Crippen LogP) is 4.10. The van der Waals surface area contributed by atoms with Crippen molar-refractivity contribution in [1.29, 1.82) is 0 Å². The molecule has 0 aliphatic carbocycles. The number of thioether (sulfide) groups is 1. The lowest BCUT2D eigenvalue weighted by Crippen LogP contribution is -2.35. The quantitative estimate of drug-likeness (QED) is 0.544. The summed E-state index contributed by atoms with van der Waals surface area (Å²) in [6.07, 6.45) is 0.823. The molecule has 0 saturated heterocycles. The van der Waals surface area contributed by atoms with Gasteiger partial charge in [-0.2, -0.15) is 4.31 Å². The fourth-order valence-electron chi connectivity index (χ4n) is 3.74. The number of esters is 1. The normalized spacial score (nSPS) is 16.3. The van der Waals surface area contributed by atoms with Crippen LogP contribution in [-0.4, -0.2) is 56.1 Å². The Hall–Kier alpha value is -2.36. The number of carbonyl (C=O) groups is 2. The number of para-hydroxylation sites is 1. The van der Waals surface area contributed by atoms with Crippen molar-refractivity contribution in [2.75, 3.05) is 31.1 Å². The van der Waals surface area contributed by atoms with Crippen molar-refractivity contribution in [2.24, 2.45) is 0 Å². The van der Waals surface area contributed by atoms with Crippen molar-refractivity contribution >= 4 is 39.3 Å². The number of benzene rings is 2. The second kappa shape index (κ2) is 10.7. The number of hydrogen-bond donors (Lipinski definition) is 0. The Labute approximate surface area is 200 Å². The highest BCUT2D eigenvalue weighted by Gasteiger charge is 2.27. The van der Waals surface area contributed by atoms with E-state index in [4.69, 9.17) is 4.74 Å². The van der Waals surface area contributed by atoms with Gasteiger partial charge in [0.05, 0.1) is 16.1 Å². The smallest absolute Gasteiger partial charge is 0.338 e. The molecular weight excluding hydrogens is 460 g/mol. The molecule has 1 atom stereocenters. The summed E-state index contributed by atoms with van der Waals surface area (Å²) in [5.74, 6) is -1.04. The molecule has 0 aromatic heterocycles. The molecule has 2 aromatic rings. The van der Waals surface area contributed by atoms with Crippen molar-refractivity contribution in [3.05, 3.63) is 53.6 Å². The van der Waals surface area contributed by atoms with Gasteiger partial charge in [0.1, 0.15) is 0 Å². The van der Waals surface area contributed by atoms with Gasteiger partial charge in [-0.05, 0) is 43.2 Å². The highest BCUT2D eigenvalue weighted by molar-refractivity contribution is 8.00. The lowest BCUT2D eigenvalue weighted by molar-refractivity contribution is -0.121. The average molecular weight is 491 g/mol. The standard InChI is InChI=1S/C24H30N2O5S2/c1-5-25(6-2)33(29,30)22-15-19(12-11-17(22)3)24(28)31-16-23(27)26-14-13-18(4)32-21-10-8-7-9-20(21)26/h7-12,15,18H,5-6,13-14,16H2,1-4H3. The van der Waals surface area contributed by atoms with E-state index in [1.807, 2.05) is 24.3 Å². The fourth-order valence-corrected chi connectivity index (χ4v) is 6.56. The number of anilines is 1. The molecule has 1 unspecified atom stereocenters. The zero-order chi connectivity index (χ0) is 24.2. The van der Waals surface area contributed by atoms with E-state index in [-0.39, 0.29) is 16.4 Å². The first-order valence-electron chi connectivity index (χ1n) is 11.0. The highest BCUT2D eigenvalue weighted by Crippen LogP contribution is 2.37. The van der Waals surface area contributed by atoms with E-state index >= 15 is 0 Å². The summed E-state index contributed by atoms with van der Waals surface area (Å²) in [6, 6.07) is 12.1. The molecule has 1 amide bonds. The van der Waals surface area contributed by atoms with Crippen LogP contribution in [0, 0.1) is 6.92 Å². The number of carbonyl (C=O) groups excluding carboxylic acids is 2. The molecule has 1 heterocycles. The first-order chi connectivity index (χ1) is 15.7. The minimum absolute atomic E-state index is 0.0689. The van der Waals surface area contributed by atoms with Crippen molar-refractivity contribution in [2.45, 2.75) is 49.2 Å². The van der Waals surface area contributed by atoms with Crippen LogP contribution < -0.4 is 4.90 Å². The van der Waals surface area contributed by atoms with Crippen LogP contribution in [0.25, 0.3) is 0 Å². The molecular formula is C24H30N2O5S2. The van der Waals surface area contributed by atoms with E-state index in [1.54, 1.807) is 43.5 Å². The number of hydrogen-bond acceptors (Lipinski definition) is 6. The molecule has 3 rings (SSSR count). The van der Waals surface area contributed by atoms with Gasteiger partial charge < -0.3 is 9.64 Å². The first-order valence-corrected chi connectivity index (χ1v) is 13.3. The van der Waals surface area contributed by atoms with Crippen molar-refractivity contribution < 1.29 is 22.7 Å². The molecule has 1 aliphatic heterocycles. The molecule has 0 spiro atoms. The van der Waals surface area contributed by atoms with Crippen molar-refractivity contribution in [3.63, 3.8) is 0 Å². The van der Waals surface area contributed by atoms with Gasteiger partial charge in [-0.25, -0.2) is 13.2 Å². The zero-order valence-electron chi connectivity index (χ0n) is 19.4. The Balaban J connectivity index is 1.76. The van der Waals surface area contributed by atoms with E-state index in [0.29, 0.717) is 30.4 Å². The number of ether oxygens (including phenoxy) is 1. The Morgan fingerprint density at radius 3 is 2.55 bits per heavy atom.